The molecule has 0 fully saturated rings. The van der Waals surface area contributed by atoms with Crippen molar-refractivity contribution < 1.29 is 19.1 Å². The van der Waals surface area contributed by atoms with Gasteiger partial charge in [0.15, 0.2) is 17.6 Å². The van der Waals surface area contributed by atoms with Crippen molar-refractivity contribution in [1.82, 2.24) is 9.90 Å². The van der Waals surface area contributed by atoms with Gasteiger partial charge in [0.05, 0.1) is 19.1 Å². The van der Waals surface area contributed by atoms with Crippen LogP contribution in [0.3, 0.4) is 0 Å². The quantitative estimate of drug-likeness (QED) is 0.278. The summed E-state index contributed by atoms with van der Waals surface area (Å²) >= 11 is 0. The molecule has 1 heterocycles. The van der Waals surface area contributed by atoms with Gasteiger partial charge in [-0.1, -0.05) is 4.68 Å². The third-order valence-corrected chi connectivity index (χ3v) is 4.69. The smallest absolute Gasteiger partial charge is 0.269 e. The van der Waals surface area contributed by atoms with E-state index in [9.17, 15) is 10.1 Å². The van der Waals surface area contributed by atoms with Gasteiger partial charge in [0.1, 0.15) is 16.7 Å². The first-order valence-corrected chi connectivity index (χ1v) is 9.15. The fourth-order valence-corrected chi connectivity index (χ4v) is 3.07. The van der Waals surface area contributed by atoms with E-state index >= 15 is 0 Å². The minimum atomic E-state index is -0.423. The lowest BCUT2D eigenvalue weighted by Gasteiger charge is -2.03. The number of nitro groups is 1. The van der Waals surface area contributed by atoms with Gasteiger partial charge in [-0.15, -0.1) is 4.68 Å². The van der Waals surface area contributed by atoms with E-state index in [-0.39, 0.29) is 5.69 Å². The van der Waals surface area contributed by atoms with Crippen molar-refractivity contribution in [3.63, 3.8) is 0 Å². The van der Waals surface area contributed by atoms with Crippen molar-refractivity contribution in [3.8, 4) is 34.1 Å². The number of methoxy groups -OCH3 is 2. The van der Waals surface area contributed by atoms with E-state index in [0.29, 0.717) is 5.69 Å². The molecule has 8 heteroatoms. The van der Waals surface area contributed by atoms with Gasteiger partial charge in [-0.25, -0.2) is 0 Å². The van der Waals surface area contributed by atoms with Crippen LogP contribution in [-0.4, -0.2) is 29.0 Å². The summed E-state index contributed by atoms with van der Waals surface area (Å²) in [7, 11) is 3.24. The molecule has 0 amide bonds. The Hall–Kier alpha value is -4.20. The van der Waals surface area contributed by atoms with Crippen molar-refractivity contribution in [2.75, 3.05) is 14.2 Å². The van der Waals surface area contributed by atoms with Crippen LogP contribution in [0.15, 0.2) is 79.0 Å². The van der Waals surface area contributed by atoms with E-state index in [4.69, 9.17) is 14.7 Å². The number of hydrogen-bond donors (Lipinski definition) is 0. The van der Waals surface area contributed by atoms with Crippen molar-refractivity contribution in [2.45, 2.75) is 0 Å². The normalized spacial score (nSPS) is 10.6. The monoisotopic (exact) mass is 403 g/mol. The van der Waals surface area contributed by atoms with Crippen LogP contribution in [0, 0.1) is 10.1 Å². The molecule has 0 saturated carbocycles. The van der Waals surface area contributed by atoms with Crippen LogP contribution in [0.4, 0.5) is 5.69 Å². The molecule has 0 aliphatic rings. The van der Waals surface area contributed by atoms with E-state index < -0.39 is 4.92 Å². The van der Waals surface area contributed by atoms with E-state index in [1.165, 1.54) is 12.1 Å². The Bertz CT molecular complexity index is 1100. The lowest BCUT2D eigenvalue weighted by molar-refractivity contribution is -0.660. The second-order valence-electron chi connectivity index (χ2n) is 6.46. The zero-order valence-electron chi connectivity index (χ0n) is 16.4. The lowest BCUT2D eigenvalue weighted by atomic mass is 10.1. The highest BCUT2D eigenvalue weighted by Crippen LogP contribution is 2.25. The first-order valence-electron chi connectivity index (χ1n) is 9.15. The average Bonchev–Trinajstić information content (AvgIpc) is 3.24. The minimum absolute atomic E-state index is 0.0318. The number of hydrogen-bond acceptors (Lipinski definition) is 5. The molecule has 0 bridgehead atoms. The molecular weight excluding hydrogens is 384 g/mol. The zero-order chi connectivity index (χ0) is 21.1. The van der Waals surface area contributed by atoms with E-state index in [1.807, 2.05) is 59.4 Å². The van der Waals surface area contributed by atoms with Gasteiger partial charge in [-0.3, -0.25) is 10.1 Å². The van der Waals surface area contributed by atoms with Crippen molar-refractivity contribution >= 4 is 5.69 Å². The van der Waals surface area contributed by atoms with Gasteiger partial charge in [0.2, 0.25) is 5.69 Å². The predicted octanol–water partition coefficient (Wildman–Crippen LogP) is 3.74. The van der Waals surface area contributed by atoms with Gasteiger partial charge in [-0.05, 0) is 60.7 Å². The Morgan fingerprint density at radius 2 is 1.43 bits per heavy atom. The molecule has 3 aromatic carbocycles. The first-order chi connectivity index (χ1) is 14.6. The van der Waals surface area contributed by atoms with Crippen LogP contribution < -0.4 is 14.2 Å². The van der Waals surface area contributed by atoms with Crippen molar-refractivity contribution in [2.24, 2.45) is 0 Å². The number of benzene rings is 3. The zero-order valence-corrected chi connectivity index (χ0v) is 16.4. The first kappa shape index (κ1) is 19.1. The lowest BCUT2D eigenvalue weighted by Crippen LogP contribution is -2.32. The number of nitro benzene ring substituents is 1. The number of nitrogens with zero attached hydrogens (tertiary/aromatic N) is 4. The number of rotatable bonds is 6. The van der Waals surface area contributed by atoms with Crippen LogP contribution in [0.1, 0.15) is 0 Å². The molecule has 8 nitrogen and oxygen atoms in total. The minimum Gasteiger partial charge on any atom is -0.497 e. The molecule has 0 aliphatic heterocycles. The van der Waals surface area contributed by atoms with Gasteiger partial charge in [0, 0.05) is 17.7 Å². The van der Waals surface area contributed by atoms with Gasteiger partial charge >= 0.3 is 0 Å². The second-order valence-corrected chi connectivity index (χ2v) is 6.46. The Morgan fingerprint density at radius 3 is 1.97 bits per heavy atom. The SMILES string of the molecule is COc1ccc(-c2c[n+](-c3ccc([N+](=O)[O-])cc3)nn2-c2ccc(OC)cc2)cc1. The van der Waals surface area contributed by atoms with Gasteiger partial charge in [-0.2, -0.15) is 0 Å². The molecule has 30 heavy (non-hydrogen) atoms. The standard InChI is InChI=1S/C22H19N4O4/c1-29-20-11-3-16(4-12-20)22-15-24(17-5-7-19(8-6-17)26(27)28)23-25(22)18-9-13-21(30-2)14-10-18/h3-15H,1-2H3/q+1. The van der Waals surface area contributed by atoms with Crippen LogP contribution in [0.2, 0.25) is 0 Å². The maximum Gasteiger partial charge on any atom is 0.269 e. The molecule has 0 N–H and O–H groups in total. The molecule has 0 aliphatic carbocycles. The summed E-state index contributed by atoms with van der Waals surface area (Å²) in [6.07, 6.45) is 1.88. The Balaban J connectivity index is 1.82. The van der Waals surface area contributed by atoms with Gasteiger partial charge < -0.3 is 9.47 Å². The predicted molar refractivity (Wildman–Crippen MR) is 110 cm³/mol. The van der Waals surface area contributed by atoms with Crippen LogP contribution in [-0.2, 0) is 0 Å². The van der Waals surface area contributed by atoms with E-state index in [0.717, 1.165) is 28.4 Å². The molecule has 0 saturated heterocycles. The largest absolute Gasteiger partial charge is 0.497 e. The number of non-ortho nitro benzene ring substituents is 1. The fraction of sp³-hybridized carbons (Fsp3) is 0.0909. The molecule has 0 spiro atoms. The maximum absolute atomic E-state index is 10.9. The summed E-state index contributed by atoms with van der Waals surface area (Å²) < 4.78 is 14.0. The molecular formula is C22H19N4O4+. The molecule has 0 atom stereocenters. The third-order valence-electron chi connectivity index (χ3n) is 4.69. The summed E-state index contributed by atoms with van der Waals surface area (Å²) in [6.45, 7) is 0. The second kappa shape index (κ2) is 8.04. The van der Waals surface area contributed by atoms with Crippen molar-refractivity contribution in [3.05, 3.63) is 89.1 Å². The highest BCUT2D eigenvalue weighted by Gasteiger charge is 2.21. The molecule has 4 aromatic rings. The topological polar surface area (TPSA) is 83.3 Å². The molecule has 4 rings (SSSR count). The average molecular weight is 403 g/mol. The molecule has 150 valence electrons. The summed E-state index contributed by atoms with van der Waals surface area (Å²) in [6, 6.07) is 21.5. The van der Waals surface area contributed by atoms with Crippen LogP contribution in [0.5, 0.6) is 11.5 Å². The van der Waals surface area contributed by atoms with Crippen LogP contribution in [0.25, 0.3) is 22.6 Å². The molecule has 1 aromatic heterocycles. The van der Waals surface area contributed by atoms with Crippen LogP contribution >= 0.6 is 0 Å². The molecule has 0 radical (unpaired) electrons. The molecule has 0 unspecified atom stereocenters. The third kappa shape index (κ3) is 3.70. The highest BCUT2D eigenvalue weighted by molar-refractivity contribution is 5.61. The summed E-state index contributed by atoms with van der Waals surface area (Å²) in [5, 5.41) is 15.6. The summed E-state index contributed by atoms with van der Waals surface area (Å²) in [5.41, 5.74) is 3.38. The fourth-order valence-electron chi connectivity index (χ4n) is 3.07. The van der Waals surface area contributed by atoms with E-state index in [1.54, 1.807) is 31.0 Å². The maximum atomic E-state index is 10.9. The number of aromatic nitrogens is 3. The number of ether oxygens (including phenoxy) is 2. The summed E-state index contributed by atoms with van der Waals surface area (Å²) in [4.78, 5) is 10.5. The Labute approximate surface area is 172 Å². The summed E-state index contributed by atoms with van der Waals surface area (Å²) in [5.74, 6) is 1.51. The Morgan fingerprint density at radius 1 is 0.867 bits per heavy atom. The van der Waals surface area contributed by atoms with E-state index in [2.05, 4.69) is 0 Å². The Kier molecular flexibility index (Phi) is 5.13. The van der Waals surface area contributed by atoms with Crippen molar-refractivity contribution in [1.29, 1.82) is 0 Å². The van der Waals surface area contributed by atoms with Gasteiger partial charge in [0.25, 0.3) is 5.69 Å². The highest BCUT2D eigenvalue weighted by atomic mass is 16.6.